The zero-order valence-electron chi connectivity index (χ0n) is 6.40. The minimum atomic E-state index is -0.385. The number of carbonyl (C=O) groups excluding carboxylic acids is 1. The molecule has 0 aliphatic rings. The van der Waals surface area contributed by atoms with Crippen molar-refractivity contribution in [3.05, 3.63) is 31.3 Å². The highest BCUT2D eigenvalue weighted by atomic mass is 127. The molecule has 1 aromatic rings. The fourth-order valence-corrected chi connectivity index (χ4v) is 1.88. The topological polar surface area (TPSA) is 43.1 Å². The van der Waals surface area contributed by atoms with Crippen LogP contribution in [0.4, 0.5) is 0 Å². The number of primary amides is 1. The molecule has 1 amide bonds. The Bertz CT molecular complexity index is 338. The molecule has 0 aliphatic carbocycles. The molecule has 1 aromatic carbocycles. The standard InChI is InChI=1S/C8H7BrINO/c1-4-2-7(10)6(9)3-5(4)8(11)12/h2-3H,1H3,(H2,11,12). The van der Waals surface area contributed by atoms with Gasteiger partial charge in [0.15, 0.2) is 0 Å². The molecule has 0 unspecified atom stereocenters. The van der Waals surface area contributed by atoms with Gasteiger partial charge in [0.05, 0.1) is 0 Å². The fraction of sp³-hybridized carbons (Fsp3) is 0.125. The number of amides is 1. The Kier molecular flexibility index (Phi) is 3.11. The van der Waals surface area contributed by atoms with Crippen molar-refractivity contribution < 1.29 is 4.79 Å². The first kappa shape index (κ1) is 9.98. The van der Waals surface area contributed by atoms with Gasteiger partial charge in [0, 0.05) is 13.6 Å². The van der Waals surface area contributed by atoms with Gasteiger partial charge in [-0.25, -0.2) is 0 Å². The molecule has 4 heteroatoms. The Morgan fingerprint density at radius 1 is 1.58 bits per heavy atom. The van der Waals surface area contributed by atoms with E-state index in [2.05, 4.69) is 38.5 Å². The molecule has 0 heterocycles. The summed E-state index contributed by atoms with van der Waals surface area (Å²) in [6, 6.07) is 3.67. The van der Waals surface area contributed by atoms with Crippen molar-refractivity contribution >= 4 is 44.4 Å². The van der Waals surface area contributed by atoms with E-state index < -0.39 is 0 Å². The summed E-state index contributed by atoms with van der Waals surface area (Å²) in [6.45, 7) is 1.87. The Labute approximate surface area is 92.8 Å². The molecule has 0 bridgehead atoms. The maximum atomic E-state index is 10.9. The monoisotopic (exact) mass is 339 g/mol. The number of carbonyl (C=O) groups is 1. The quantitative estimate of drug-likeness (QED) is 0.785. The number of benzene rings is 1. The average Bonchev–Trinajstić information content (AvgIpc) is 1.96. The third-order valence-electron chi connectivity index (χ3n) is 1.53. The molecule has 0 atom stereocenters. The first-order valence-electron chi connectivity index (χ1n) is 3.28. The highest BCUT2D eigenvalue weighted by molar-refractivity contribution is 14.1. The van der Waals surface area contributed by atoms with E-state index in [-0.39, 0.29) is 5.91 Å². The van der Waals surface area contributed by atoms with E-state index in [1.165, 1.54) is 0 Å². The molecule has 12 heavy (non-hydrogen) atoms. The van der Waals surface area contributed by atoms with Crippen molar-refractivity contribution in [3.63, 3.8) is 0 Å². The van der Waals surface area contributed by atoms with Gasteiger partial charge in [-0.2, -0.15) is 0 Å². The normalized spacial score (nSPS) is 9.92. The summed E-state index contributed by atoms with van der Waals surface area (Å²) in [6.07, 6.45) is 0. The van der Waals surface area contributed by atoms with Crippen LogP contribution < -0.4 is 5.73 Å². The molecule has 1 rings (SSSR count). The van der Waals surface area contributed by atoms with Gasteiger partial charge in [-0.1, -0.05) is 0 Å². The summed E-state index contributed by atoms with van der Waals surface area (Å²) < 4.78 is 1.98. The van der Waals surface area contributed by atoms with Crippen LogP contribution in [0.5, 0.6) is 0 Å². The molecule has 0 aliphatic heterocycles. The van der Waals surface area contributed by atoms with Crippen LogP contribution in [0.2, 0.25) is 0 Å². The molecular weight excluding hydrogens is 333 g/mol. The molecule has 0 fully saturated rings. The SMILES string of the molecule is Cc1cc(I)c(Br)cc1C(N)=O. The summed E-state index contributed by atoms with van der Waals surface area (Å²) in [5.41, 5.74) is 6.66. The second kappa shape index (κ2) is 3.74. The van der Waals surface area contributed by atoms with Gasteiger partial charge in [-0.3, -0.25) is 4.79 Å². The van der Waals surface area contributed by atoms with Gasteiger partial charge < -0.3 is 5.73 Å². The first-order valence-corrected chi connectivity index (χ1v) is 5.15. The molecule has 0 radical (unpaired) electrons. The van der Waals surface area contributed by atoms with Crippen molar-refractivity contribution in [1.82, 2.24) is 0 Å². The second-order valence-corrected chi connectivity index (χ2v) is 4.46. The molecule has 0 saturated heterocycles. The molecule has 0 spiro atoms. The van der Waals surface area contributed by atoms with E-state index in [0.29, 0.717) is 5.56 Å². The maximum Gasteiger partial charge on any atom is 0.249 e. The van der Waals surface area contributed by atoms with E-state index >= 15 is 0 Å². The maximum absolute atomic E-state index is 10.9. The second-order valence-electron chi connectivity index (χ2n) is 2.45. The third-order valence-corrected chi connectivity index (χ3v) is 3.82. The molecule has 64 valence electrons. The number of halogens is 2. The van der Waals surface area contributed by atoms with Crippen molar-refractivity contribution in [1.29, 1.82) is 0 Å². The lowest BCUT2D eigenvalue weighted by molar-refractivity contribution is 0.0999. The van der Waals surface area contributed by atoms with Crippen LogP contribution in [-0.4, -0.2) is 5.91 Å². The van der Waals surface area contributed by atoms with Gasteiger partial charge in [-0.15, -0.1) is 0 Å². The van der Waals surface area contributed by atoms with Crippen LogP contribution in [0.25, 0.3) is 0 Å². The van der Waals surface area contributed by atoms with Crippen molar-refractivity contribution in [2.75, 3.05) is 0 Å². The first-order chi connectivity index (χ1) is 5.52. The number of rotatable bonds is 1. The molecule has 2 nitrogen and oxygen atoms in total. The minimum absolute atomic E-state index is 0.385. The summed E-state index contributed by atoms with van der Waals surface area (Å²) in [5, 5.41) is 0. The number of hydrogen-bond donors (Lipinski definition) is 1. The van der Waals surface area contributed by atoms with Crippen LogP contribution in [0.15, 0.2) is 16.6 Å². The molecule has 2 N–H and O–H groups in total. The number of aryl methyl sites for hydroxylation is 1. The molecule has 0 saturated carbocycles. The summed E-state index contributed by atoms with van der Waals surface area (Å²) in [4.78, 5) is 10.9. The predicted octanol–water partition coefficient (Wildman–Crippen LogP) is 2.46. The van der Waals surface area contributed by atoms with Crippen LogP contribution in [0, 0.1) is 10.5 Å². The lowest BCUT2D eigenvalue weighted by Crippen LogP contribution is -2.12. The lowest BCUT2D eigenvalue weighted by Gasteiger charge is -2.03. The fourth-order valence-electron chi connectivity index (χ4n) is 0.912. The van der Waals surface area contributed by atoms with Gasteiger partial charge in [0.25, 0.3) is 0 Å². The van der Waals surface area contributed by atoms with Crippen molar-refractivity contribution in [3.8, 4) is 0 Å². The molecule has 0 aromatic heterocycles. The molecular formula is C8H7BrINO. The van der Waals surface area contributed by atoms with Crippen LogP contribution >= 0.6 is 38.5 Å². The van der Waals surface area contributed by atoms with Gasteiger partial charge in [0.2, 0.25) is 5.91 Å². The summed E-state index contributed by atoms with van der Waals surface area (Å²) in [5.74, 6) is -0.385. The number of nitrogens with two attached hydrogens (primary N) is 1. The van der Waals surface area contributed by atoms with E-state index in [1.807, 2.05) is 13.0 Å². The largest absolute Gasteiger partial charge is 0.366 e. The Balaban J connectivity index is 3.33. The summed E-state index contributed by atoms with van der Waals surface area (Å²) in [7, 11) is 0. The Morgan fingerprint density at radius 2 is 2.17 bits per heavy atom. The number of hydrogen-bond acceptors (Lipinski definition) is 1. The predicted molar refractivity (Wildman–Crippen MR) is 60.1 cm³/mol. The van der Waals surface area contributed by atoms with E-state index in [4.69, 9.17) is 5.73 Å². The summed E-state index contributed by atoms with van der Waals surface area (Å²) >= 11 is 5.52. The van der Waals surface area contributed by atoms with Crippen molar-refractivity contribution in [2.24, 2.45) is 5.73 Å². The van der Waals surface area contributed by atoms with Gasteiger partial charge >= 0.3 is 0 Å². The van der Waals surface area contributed by atoms with Crippen LogP contribution in [0.1, 0.15) is 15.9 Å². The third kappa shape index (κ3) is 1.98. The average molecular weight is 340 g/mol. The van der Waals surface area contributed by atoms with Crippen molar-refractivity contribution in [2.45, 2.75) is 6.92 Å². The smallest absolute Gasteiger partial charge is 0.249 e. The highest BCUT2D eigenvalue weighted by Crippen LogP contribution is 2.22. The lowest BCUT2D eigenvalue weighted by atomic mass is 10.1. The Morgan fingerprint density at radius 3 is 2.67 bits per heavy atom. The van der Waals surface area contributed by atoms with E-state index in [0.717, 1.165) is 13.6 Å². The minimum Gasteiger partial charge on any atom is -0.366 e. The highest BCUT2D eigenvalue weighted by Gasteiger charge is 2.07. The van der Waals surface area contributed by atoms with Crippen LogP contribution in [-0.2, 0) is 0 Å². The zero-order valence-corrected chi connectivity index (χ0v) is 10.1. The zero-order chi connectivity index (χ0) is 9.30. The van der Waals surface area contributed by atoms with Crippen LogP contribution in [0.3, 0.4) is 0 Å². The van der Waals surface area contributed by atoms with Gasteiger partial charge in [-0.05, 0) is 63.1 Å². The van der Waals surface area contributed by atoms with E-state index in [9.17, 15) is 4.79 Å². The van der Waals surface area contributed by atoms with Gasteiger partial charge in [0.1, 0.15) is 0 Å². The van der Waals surface area contributed by atoms with E-state index in [1.54, 1.807) is 6.07 Å². The Hall–Kier alpha value is -0.100.